The molecule has 3 N–H and O–H groups in total. The highest BCUT2D eigenvalue weighted by atomic mass is 16.5. The Hall–Kier alpha value is -2.05. The Morgan fingerprint density at radius 1 is 1.21 bits per heavy atom. The number of aromatic nitrogens is 1. The molecule has 1 aromatic heterocycles. The number of nitrogens with zero attached hydrogens (tertiary/aromatic N) is 2. The van der Waals surface area contributed by atoms with E-state index in [0.717, 1.165) is 68.8 Å². The minimum absolute atomic E-state index is 0.113. The smallest absolute Gasteiger partial charge is 0.223 e. The maximum Gasteiger partial charge on any atom is 0.223 e. The molecule has 1 heterocycles. The van der Waals surface area contributed by atoms with Crippen molar-refractivity contribution in [3.8, 4) is 0 Å². The van der Waals surface area contributed by atoms with Crippen LogP contribution in [0.4, 0.5) is 0 Å². The van der Waals surface area contributed by atoms with Crippen LogP contribution in [0.1, 0.15) is 82.6 Å². The molecule has 1 aromatic rings. The summed E-state index contributed by atoms with van der Waals surface area (Å²) in [5.41, 5.74) is 1.03. The van der Waals surface area contributed by atoms with E-state index in [4.69, 9.17) is 4.52 Å². The molecule has 28 heavy (non-hydrogen) atoms. The second-order valence-corrected chi connectivity index (χ2v) is 8.14. The summed E-state index contributed by atoms with van der Waals surface area (Å²) in [6.07, 6.45) is 8.38. The summed E-state index contributed by atoms with van der Waals surface area (Å²) in [5.74, 6) is 2.36. The van der Waals surface area contributed by atoms with Crippen LogP contribution in [0.15, 0.2) is 15.6 Å². The van der Waals surface area contributed by atoms with Crippen LogP contribution in [0, 0.1) is 5.92 Å². The molecule has 0 aromatic carbocycles. The lowest BCUT2D eigenvalue weighted by molar-refractivity contribution is -0.126. The van der Waals surface area contributed by atoms with Crippen LogP contribution in [0.25, 0.3) is 0 Å². The summed E-state index contributed by atoms with van der Waals surface area (Å²) in [4.78, 5) is 16.7. The van der Waals surface area contributed by atoms with Gasteiger partial charge in [0.25, 0.3) is 0 Å². The van der Waals surface area contributed by atoms with Crippen LogP contribution in [0.3, 0.4) is 0 Å². The van der Waals surface area contributed by atoms with Crippen LogP contribution >= 0.6 is 0 Å². The van der Waals surface area contributed by atoms with Gasteiger partial charge in [-0.1, -0.05) is 25.4 Å². The molecule has 156 valence electrons. The molecule has 2 aliphatic rings. The predicted molar refractivity (Wildman–Crippen MR) is 110 cm³/mol. The number of nitrogens with one attached hydrogen (secondary N) is 3. The van der Waals surface area contributed by atoms with Gasteiger partial charge in [0.1, 0.15) is 0 Å². The lowest BCUT2D eigenvalue weighted by Gasteiger charge is -2.30. The predicted octanol–water partition coefficient (Wildman–Crippen LogP) is 3.08. The molecule has 0 saturated heterocycles. The van der Waals surface area contributed by atoms with E-state index in [-0.39, 0.29) is 17.9 Å². The fraction of sp³-hybridized carbons (Fsp3) is 0.762. The van der Waals surface area contributed by atoms with Gasteiger partial charge >= 0.3 is 0 Å². The molecular formula is C21H35N5O2. The Morgan fingerprint density at radius 2 is 2.00 bits per heavy atom. The molecule has 3 rings (SSSR count). The van der Waals surface area contributed by atoms with Gasteiger partial charge in [0.2, 0.25) is 5.91 Å². The Morgan fingerprint density at radius 3 is 2.68 bits per heavy atom. The molecule has 7 heteroatoms. The van der Waals surface area contributed by atoms with Crippen molar-refractivity contribution in [2.45, 2.75) is 89.8 Å². The van der Waals surface area contributed by atoms with Crippen molar-refractivity contribution in [3.05, 3.63) is 17.5 Å². The van der Waals surface area contributed by atoms with Crippen LogP contribution in [0.2, 0.25) is 0 Å². The monoisotopic (exact) mass is 389 g/mol. The van der Waals surface area contributed by atoms with E-state index in [9.17, 15) is 4.79 Å². The first kappa shape index (κ1) is 20.7. The zero-order valence-electron chi connectivity index (χ0n) is 17.5. The lowest BCUT2D eigenvalue weighted by Crippen LogP contribution is -2.47. The van der Waals surface area contributed by atoms with Gasteiger partial charge < -0.3 is 20.5 Å². The van der Waals surface area contributed by atoms with Crippen molar-refractivity contribution >= 4 is 11.9 Å². The Bertz CT molecular complexity index is 664. The molecule has 0 aliphatic heterocycles. The third kappa shape index (κ3) is 5.72. The van der Waals surface area contributed by atoms with Gasteiger partial charge in [0.15, 0.2) is 11.7 Å². The summed E-state index contributed by atoms with van der Waals surface area (Å²) in [6.45, 7) is 4.90. The quantitative estimate of drug-likeness (QED) is 0.469. The maximum atomic E-state index is 12.4. The van der Waals surface area contributed by atoms with Crippen LogP contribution < -0.4 is 16.0 Å². The van der Waals surface area contributed by atoms with Gasteiger partial charge in [-0.25, -0.2) is 0 Å². The van der Waals surface area contributed by atoms with Crippen LogP contribution in [-0.2, 0) is 11.3 Å². The number of carbonyl (C=O) groups excluding carboxylic acids is 1. The first-order valence-electron chi connectivity index (χ1n) is 10.9. The molecule has 2 aliphatic carbocycles. The zero-order chi connectivity index (χ0) is 19.9. The molecule has 0 bridgehead atoms. The average Bonchev–Trinajstić information content (AvgIpc) is 3.41. The number of rotatable bonds is 8. The number of hydrogen-bond donors (Lipinski definition) is 3. The van der Waals surface area contributed by atoms with Gasteiger partial charge in [-0.2, -0.15) is 0 Å². The van der Waals surface area contributed by atoms with E-state index >= 15 is 0 Å². The Kier molecular flexibility index (Phi) is 7.34. The molecule has 0 spiro atoms. The second-order valence-electron chi connectivity index (χ2n) is 8.14. The molecular weight excluding hydrogens is 354 g/mol. The van der Waals surface area contributed by atoms with E-state index in [1.165, 1.54) is 0 Å². The summed E-state index contributed by atoms with van der Waals surface area (Å²) < 4.78 is 5.48. The van der Waals surface area contributed by atoms with Crippen LogP contribution in [-0.4, -0.2) is 36.2 Å². The summed E-state index contributed by atoms with van der Waals surface area (Å²) in [7, 11) is 1.77. The molecule has 2 atom stereocenters. The molecule has 1 amide bonds. The second kappa shape index (κ2) is 9.94. The summed E-state index contributed by atoms with van der Waals surface area (Å²) in [6, 6.07) is 2.74. The summed E-state index contributed by atoms with van der Waals surface area (Å²) in [5, 5.41) is 14.2. The average molecular weight is 390 g/mol. The van der Waals surface area contributed by atoms with Gasteiger partial charge in [0.05, 0.1) is 12.2 Å². The number of carbonyl (C=O) groups is 1. The van der Waals surface area contributed by atoms with Crippen LogP contribution in [0.5, 0.6) is 0 Å². The molecule has 0 radical (unpaired) electrons. The van der Waals surface area contributed by atoms with E-state index in [1.54, 1.807) is 7.05 Å². The highest BCUT2D eigenvalue weighted by Crippen LogP contribution is 2.27. The number of amides is 1. The number of hydrogen-bond acceptors (Lipinski definition) is 4. The fourth-order valence-corrected chi connectivity index (χ4v) is 3.98. The van der Waals surface area contributed by atoms with Gasteiger partial charge in [-0.05, 0) is 44.9 Å². The van der Waals surface area contributed by atoms with Crippen molar-refractivity contribution in [1.29, 1.82) is 0 Å². The largest absolute Gasteiger partial charge is 0.359 e. The van der Waals surface area contributed by atoms with E-state index < -0.39 is 0 Å². The normalized spacial score (nSPS) is 22.9. The van der Waals surface area contributed by atoms with E-state index in [1.807, 2.05) is 6.07 Å². The van der Waals surface area contributed by atoms with Gasteiger partial charge in [-0.3, -0.25) is 9.79 Å². The standard InChI is InChI=1S/C21H35N5O2/c1-4-14(5-2)19-12-18(28-26-19)13-23-21(22-3)25-17-8-6-7-15(11-17)20(27)24-16-9-10-16/h12,14-17H,4-11,13H2,1-3H3,(H,24,27)(H2,22,23,25). The first-order chi connectivity index (χ1) is 13.6. The molecule has 2 saturated carbocycles. The highest BCUT2D eigenvalue weighted by Gasteiger charge is 2.31. The van der Waals surface area contributed by atoms with Crippen molar-refractivity contribution in [2.75, 3.05) is 7.05 Å². The minimum Gasteiger partial charge on any atom is -0.359 e. The van der Waals surface area contributed by atoms with Crippen molar-refractivity contribution in [3.63, 3.8) is 0 Å². The van der Waals surface area contributed by atoms with Crippen molar-refractivity contribution < 1.29 is 9.32 Å². The van der Waals surface area contributed by atoms with Crippen molar-refractivity contribution in [2.24, 2.45) is 10.9 Å². The van der Waals surface area contributed by atoms with Gasteiger partial charge in [-0.15, -0.1) is 0 Å². The highest BCUT2D eigenvalue weighted by molar-refractivity contribution is 5.81. The van der Waals surface area contributed by atoms with E-state index in [2.05, 4.69) is 39.9 Å². The third-order valence-electron chi connectivity index (χ3n) is 5.94. The summed E-state index contributed by atoms with van der Waals surface area (Å²) >= 11 is 0. The van der Waals surface area contributed by atoms with Gasteiger partial charge in [0, 0.05) is 37.0 Å². The number of guanidine groups is 1. The fourth-order valence-electron chi connectivity index (χ4n) is 3.98. The SMILES string of the molecule is CCC(CC)c1cc(CNC(=NC)NC2CCCC(C(=O)NC3CC3)C2)on1. The molecule has 2 unspecified atom stereocenters. The zero-order valence-corrected chi connectivity index (χ0v) is 17.5. The Labute approximate surface area is 168 Å². The van der Waals surface area contributed by atoms with Crippen molar-refractivity contribution in [1.82, 2.24) is 21.1 Å². The third-order valence-corrected chi connectivity index (χ3v) is 5.94. The molecule has 2 fully saturated rings. The first-order valence-corrected chi connectivity index (χ1v) is 10.9. The Balaban J connectivity index is 1.46. The van der Waals surface area contributed by atoms with E-state index in [0.29, 0.717) is 18.5 Å². The lowest BCUT2D eigenvalue weighted by atomic mass is 9.85. The molecule has 7 nitrogen and oxygen atoms in total. The maximum absolute atomic E-state index is 12.4. The number of aliphatic imine (C=N–C) groups is 1. The minimum atomic E-state index is 0.113. The topological polar surface area (TPSA) is 91.5 Å².